The van der Waals surface area contributed by atoms with Gasteiger partial charge in [-0.25, -0.2) is 0 Å². The minimum absolute atomic E-state index is 0.0785. The molecule has 3 aliphatic rings. The Kier molecular flexibility index (Phi) is 5.47. The van der Waals surface area contributed by atoms with Crippen LogP contribution in [-0.4, -0.2) is 52.9 Å². The SMILES string of the molecule is CC1(c2ccc3ccccc3c2)CC(=O)N(CC(=O)N2CCCC(C3=Nc4ccccc4C3)C2)C1=O. The van der Waals surface area contributed by atoms with Gasteiger partial charge in [0.1, 0.15) is 6.54 Å². The van der Waals surface area contributed by atoms with Crippen molar-refractivity contribution in [2.24, 2.45) is 10.9 Å². The van der Waals surface area contributed by atoms with Crippen molar-refractivity contribution < 1.29 is 14.4 Å². The van der Waals surface area contributed by atoms with Crippen LogP contribution in [0.4, 0.5) is 5.69 Å². The van der Waals surface area contributed by atoms with Gasteiger partial charge in [0.15, 0.2) is 0 Å². The molecule has 182 valence electrons. The standard InChI is InChI=1S/C30H29N3O3/c1-30(24-13-12-20-7-2-3-8-21(20)15-24)17-27(34)33(29(30)36)19-28(35)32-14-6-10-23(18-32)26-16-22-9-4-5-11-25(22)31-26/h2-5,7-9,11-13,15,23H,6,10,14,16-19H2,1H3. The molecule has 3 aliphatic heterocycles. The van der Waals surface area contributed by atoms with Crippen molar-refractivity contribution in [3.05, 3.63) is 77.9 Å². The average molecular weight is 480 g/mol. The third-order valence-electron chi connectivity index (χ3n) is 8.08. The van der Waals surface area contributed by atoms with Crippen molar-refractivity contribution >= 4 is 39.9 Å². The lowest BCUT2D eigenvalue weighted by Crippen LogP contribution is -2.48. The van der Waals surface area contributed by atoms with E-state index in [-0.39, 0.29) is 36.6 Å². The monoisotopic (exact) mass is 479 g/mol. The molecule has 0 radical (unpaired) electrons. The van der Waals surface area contributed by atoms with Crippen LogP contribution >= 0.6 is 0 Å². The summed E-state index contributed by atoms with van der Waals surface area (Å²) in [6.45, 7) is 2.85. The zero-order valence-electron chi connectivity index (χ0n) is 20.4. The molecule has 6 rings (SSSR count). The zero-order valence-corrected chi connectivity index (χ0v) is 20.4. The Morgan fingerprint density at radius 3 is 2.64 bits per heavy atom. The highest BCUT2D eigenvalue weighted by atomic mass is 16.2. The molecule has 3 amide bonds. The van der Waals surface area contributed by atoms with E-state index in [2.05, 4.69) is 6.07 Å². The molecule has 2 atom stereocenters. The summed E-state index contributed by atoms with van der Waals surface area (Å²) < 4.78 is 0. The van der Waals surface area contributed by atoms with E-state index in [1.54, 1.807) is 0 Å². The van der Waals surface area contributed by atoms with E-state index in [0.717, 1.165) is 47.0 Å². The Hall–Kier alpha value is -3.80. The van der Waals surface area contributed by atoms with E-state index in [0.29, 0.717) is 13.1 Å². The molecular weight excluding hydrogens is 450 g/mol. The summed E-state index contributed by atoms with van der Waals surface area (Å²) in [6, 6.07) is 22.0. The molecule has 6 nitrogen and oxygen atoms in total. The van der Waals surface area contributed by atoms with Crippen molar-refractivity contribution in [2.45, 2.75) is 38.0 Å². The van der Waals surface area contributed by atoms with Gasteiger partial charge in [-0.3, -0.25) is 24.3 Å². The number of carbonyl (C=O) groups is 3. The van der Waals surface area contributed by atoms with Crippen LogP contribution in [-0.2, 0) is 26.2 Å². The van der Waals surface area contributed by atoms with Crippen LogP contribution < -0.4 is 0 Å². The van der Waals surface area contributed by atoms with Gasteiger partial charge >= 0.3 is 0 Å². The number of benzene rings is 3. The van der Waals surface area contributed by atoms with E-state index >= 15 is 0 Å². The first kappa shape index (κ1) is 22.7. The highest BCUT2D eigenvalue weighted by molar-refractivity contribution is 6.11. The number of para-hydroxylation sites is 1. The number of piperidine rings is 1. The third-order valence-corrected chi connectivity index (χ3v) is 8.08. The Bertz CT molecular complexity index is 1430. The Morgan fingerprint density at radius 2 is 1.81 bits per heavy atom. The fourth-order valence-electron chi connectivity index (χ4n) is 5.91. The van der Waals surface area contributed by atoms with Crippen LogP contribution in [0.25, 0.3) is 10.8 Å². The van der Waals surface area contributed by atoms with Crippen LogP contribution in [0.1, 0.15) is 37.3 Å². The fourth-order valence-corrected chi connectivity index (χ4v) is 5.91. The van der Waals surface area contributed by atoms with Crippen molar-refractivity contribution in [3.8, 4) is 0 Å². The second kappa shape index (κ2) is 8.70. The van der Waals surface area contributed by atoms with Gasteiger partial charge in [0, 0.05) is 37.6 Å². The van der Waals surface area contributed by atoms with E-state index in [4.69, 9.17) is 4.99 Å². The first-order valence-corrected chi connectivity index (χ1v) is 12.7. The highest BCUT2D eigenvalue weighted by Gasteiger charge is 2.50. The first-order chi connectivity index (χ1) is 17.4. The molecule has 2 fully saturated rings. The van der Waals surface area contributed by atoms with E-state index in [1.165, 1.54) is 10.5 Å². The number of hydrogen-bond donors (Lipinski definition) is 0. The van der Waals surface area contributed by atoms with Crippen LogP contribution in [0, 0.1) is 5.92 Å². The van der Waals surface area contributed by atoms with E-state index < -0.39 is 5.41 Å². The fraction of sp³-hybridized carbons (Fsp3) is 0.333. The van der Waals surface area contributed by atoms with Crippen molar-refractivity contribution in [2.75, 3.05) is 19.6 Å². The summed E-state index contributed by atoms with van der Waals surface area (Å²) in [5.74, 6) is -0.531. The van der Waals surface area contributed by atoms with Crippen molar-refractivity contribution in [3.63, 3.8) is 0 Å². The van der Waals surface area contributed by atoms with Gasteiger partial charge in [0.05, 0.1) is 11.1 Å². The smallest absolute Gasteiger partial charge is 0.242 e. The number of amides is 3. The maximum Gasteiger partial charge on any atom is 0.242 e. The molecule has 2 unspecified atom stereocenters. The molecule has 0 aromatic heterocycles. The van der Waals surface area contributed by atoms with Gasteiger partial charge in [-0.2, -0.15) is 0 Å². The normalized spacial score (nSPS) is 23.8. The Balaban J connectivity index is 1.16. The summed E-state index contributed by atoms with van der Waals surface area (Å²) >= 11 is 0. The van der Waals surface area contributed by atoms with Gasteiger partial charge in [0.25, 0.3) is 0 Å². The highest BCUT2D eigenvalue weighted by Crippen LogP contribution is 2.38. The quantitative estimate of drug-likeness (QED) is 0.520. The molecule has 0 bridgehead atoms. The second-order valence-corrected chi connectivity index (χ2v) is 10.4. The van der Waals surface area contributed by atoms with Crippen molar-refractivity contribution in [1.82, 2.24) is 9.80 Å². The van der Waals surface area contributed by atoms with Gasteiger partial charge < -0.3 is 4.90 Å². The molecule has 0 saturated carbocycles. The molecule has 3 heterocycles. The van der Waals surface area contributed by atoms with Gasteiger partial charge in [-0.15, -0.1) is 0 Å². The summed E-state index contributed by atoms with van der Waals surface area (Å²) in [5.41, 5.74) is 3.24. The van der Waals surface area contributed by atoms with Crippen molar-refractivity contribution in [1.29, 1.82) is 0 Å². The lowest BCUT2D eigenvalue weighted by atomic mass is 9.80. The summed E-state index contributed by atoms with van der Waals surface area (Å²) in [7, 11) is 0. The Morgan fingerprint density at radius 1 is 1.03 bits per heavy atom. The molecule has 6 heteroatoms. The molecule has 0 spiro atoms. The first-order valence-electron chi connectivity index (χ1n) is 12.7. The van der Waals surface area contributed by atoms with E-state index in [1.807, 2.05) is 72.5 Å². The zero-order chi connectivity index (χ0) is 24.9. The lowest BCUT2D eigenvalue weighted by molar-refractivity contribution is -0.146. The van der Waals surface area contributed by atoms with Crippen LogP contribution in [0.2, 0.25) is 0 Å². The maximum absolute atomic E-state index is 13.5. The number of hydrogen-bond acceptors (Lipinski definition) is 4. The lowest BCUT2D eigenvalue weighted by Gasteiger charge is -2.34. The van der Waals surface area contributed by atoms with Crippen LogP contribution in [0.5, 0.6) is 0 Å². The third kappa shape index (κ3) is 3.81. The largest absolute Gasteiger partial charge is 0.340 e. The minimum atomic E-state index is -0.962. The number of rotatable bonds is 4. The van der Waals surface area contributed by atoms with Gasteiger partial charge in [0.2, 0.25) is 17.7 Å². The summed E-state index contributed by atoms with van der Waals surface area (Å²) in [6.07, 6.45) is 2.80. The number of imide groups is 1. The van der Waals surface area contributed by atoms with E-state index in [9.17, 15) is 14.4 Å². The molecule has 36 heavy (non-hydrogen) atoms. The molecule has 0 aliphatic carbocycles. The summed E-state index contributed by atoms with van der Waals surface area (Å²) in [5, 5.41) is 2.12. The molecule has 2 saturated heterocycles. The van der Waals surface area contributed by atoms with Gasteiger partial charge in [-0.1, -0.05) is 60.7 Å². The average Bonchev–Trinajstić information content (AvgIpc) is 3.43. The predicted octanol–water partition coefficient (Wildman–Crippen LogP) is 4.42. The number of fused-ring (bicyclic) bond motifs is 2. The second-order valence-electron chi connectivity index (χ2n) is 10.4. The topological polar surface area (TPSA) is 70.1 Å². The molecular formula is C30H29N3O3. The van der Waals surface area contributed by atoms with Crippen LogP contribution in [0.15, 0.2) is 71.7 Å². The number of nitrogens with zero attached hydrogens (tertiary/aromatic N) is 3. The number of likely N-dealkylation sites (tertiary alicyclic amines) is 2. The minimum Gasteiger partial charge on any atom is -0.340 e. The maximum atomic E-state index is 13.5. The van der Waals surface area contributed by atoms with Crippen LogP contribution in [0.3, 0.4) is 0 Å². The number of aliphatic imine (C=N–C) groups is 1. The molecule has 3 aromatic carbocycles. The number of carbonyl (C=O) groups excluding carboxylic acids is 3. The Labute approximate surface area is 210 Å². The predicted molar refractivity (Wildman–Crippen MR) is 139 cm³/mol. The molecule has 0 N–H and O–H groups in total. The summed E-state index contributed by atoms with van der Waals surface area (Å²) in [4.78, 5) is 47.6. The molecule has 3 aromatic rings. The van der Waals surface area contributed by atoms with Gasteiger partial charge in [-0.05, 0) is 47.7 Å².